The highest BCUT2D eigenvalue weighted by molar-refractivity contribution is 6.34. The Bertz CT molecular complexity index is 807. The molecule has 1 saturated carbocycles. The van der Waals surface area contributed by atoms with Crippen LogP contribution >= 0.6 is 0 Å². The maximum Gasteiger partial charge on any atom is 0.266 e. The van der Waals surface area contributed by atoms with Gasteiger partial charge in [-0.2, -0.15) is 5.26 Å². The Balaban J connectivity index is 1.71. The van der Waals surface area contributed by atoms with Crippen molar-refractivity contribution < 1.29 is 9.59 Å². The largest absolute Gasteiger partial charge is 0.268 e. The van der Waals surface area contributed by atoms with Gasteiger partial charge in [-0.3, -0.25) is 9.59 Å². The number of amides is 2. The van der Waals surface area contributed by atoms with Crippen LogP contribution in [-0.4, -0.2) is 11.8 Å². The van der Waals surface area contributed by atoms with E-state index in [1.807, 2.05) is 12.1 Å². The molecule has 1 fully saturated rings. The summed E-state index contributed by atoms with van der Waals surface area (Å²) in [5, 5.41) is 9.22. The van der Waals surface area contributed by atoms with Crippen molar-refractivity contribution in [2.45, 2.75) is 18.3 Å². The molecule has 1 heterocycles. The van der Waals surface area contributed by atoms with Gasteiger partial charge in [0, 0.05) is 0 Å². The molecule has 2 aromatic rings. The first-order chi connectivity index (χ1) is 10.7. The quantitative estimate of drug-likeness (QED) is 0.798. The van der Waals surface area contributed by atoms with Crippen molar-refractivity contribution in [1.29, 1.82) is 5.26 Å². The van der Waals surface area contributed by atoms with Crippen LogP contribution in [0.15, 0.2) is 48.5 Å². The zero-order chi connectivity index (χ0) is 15.3. The predicted molar refractivity (Wildman–Crippen MR) is 80.5 cm³/mol. The highest BCUT2D eigenvalue weighted by atomic mass is 16.2. The average Bonchev–Trinajstić information content (AvgIpc) is 3.32. The molecule has 2 aromatic carbocycles. The molecule has 4 nitrogen and oxygen atoms in total. The van der Waals surface area contributed by atoms with E-state index in [0.29, 0.717) is 16.8 Å². The first-order valence-corrected chi connectivity index (χ1v) is 7.16. The highest BCUT2D eigenvalue weighted by Crippen LogP contribution is 2.47. The van der Waals surface area contributed by atoms with E-state index in [1.165, 1.54) is 4.90 Å². The first-order valence-electron chi connectivity index (χ1n) is 7.16. The zero-order valence-electron chi connectivity index (χ0n) is 11.7. The number of nitriles is 1. The third-order valence-electron chi connectivity index (χ3n) is 4.44. The number of imide groups is 1. The molecule has 1 aliphatic heterocycles. The van der Waals surface area contributed by atoms with Crippen molar-refractivity contribution >= 4 is 17.5 Å². The third-order valence-corrected chi connectivity index (χ3v) is 4.44. The van der Waals surface area contributed by atoms with E-state index in [2.05, 4.69) is 6.07 Å². The summed E-state index contributed by atoms with van der Waals surface area (Å²) in [6, 6.07) is 16.3. The van der Waals surface area contributed by atoms with Gasteiger partial charge in [0.15, 0.2) is 0 Å². The second-order valence-electron chi connectivity index (χ2n) is 5.73. The van der Waals surface area contributed by atoms with E-state index in [4.69, 9.17) is 0 Å². The van der Waals surface area contributed by atoms with E-state index in [0.717, 1.165) is 18.4 Å². The minimum absolute atomic E-state index is 0.297. The minimum Gasteiger partial charge on any atom is -0.268 e. The molecule has 22 heavy (non-hydrogen) atoms. The van der Waals surface area contributed by atoms with Gasteiger partial charge in [-0.25, -0.2) is 4.90 Å². The van der Waals surface area contributed by atoms with Gasteiger partial charge < -0.3 is 0 Å². The van der Waals surface area contributed by atoms with Crippen LogP contribution in [0.3, 0.4) is 0 Å². The molecule has 106 valence electrons. The molecule has 2 aliphatic rings. The number of hydrogen-bond acceptors (Lipinski definition) is 3. The van der Waals surface area contributed by atoms with Gasteiger partial charge in [0.25, 0.3) is 11.8 Å². The molecule has 0 aromatic heterocycles. The van der Waals surface area contributed by atoms with E-state index >= 15 is 0 Å². The number of carbonyl (C=O) groups is 2. The number of fused-ring (bicyclic) bond motifs is 1. The van der Waals surface area contributed by atoms with Crippen LogP contribution in [0.25, 0.3) is 0 Å². The number of nitrogens with zero attached hydrogens (tertiary/aromatic N) is 2. The summed E-state index contributed by atoms with van der Waals surface area (Å²) >= 11 is 0. The fourth-order valence-corrected chi connectivity index (χ4v) is 2.94. The fourth-order valence-electron chi connectivity index (χ4n) is 2.94. The molecular formula is C18H12N2O2. The molecule has 0 saturated heterocycles. The Hall–Kier alpha value is -2.93. The SMILES string of the molecule is N#CC1(c2ccc(N3C(=O)c4ccccc4C3=O)cc2)CC1. The summed E-state index contributed by atoms with van der Waals surface area (Å²) in [7, 11) is 0. The van der Waals surface area contributed by atoms with Crippen molar-refractivity contribution in [3.8, 4) is 6.07 Å². The fraction of sp³-hybridized carbons (Fsp3) is 0.167. The van der Waals surface area contributed by atoms with Crippen LogP contribution in [0.4, 0.5) is 5.69 Å². The Morgan fingerprint density at radius 1 is 0.909 bits per heavy atom. The lowest BCUT2D eigenvalue weighted by Gasteiger charge is -2.15. The van der Waals surface area contributed by atoms with Gasteiger partial charge in [0.05, 0.1) is 28.3 Å². The third kappa shape index (κ3) is 1.63. The van der Waals surface area contributed by atoms with Gasteiger partial charge in [0.2, 0.25) is 0 Å². The first kappa shape index (κ1) is 12.8. The van der Waals surface area contributed by atoms with Gasteiger partial charge >= 0.3 is 0 Å². The van der Waals surface area contributed by atoms with Crippen LogP contribution in [-0.2, 0) is 5.41 Å². The zero-order valence-corrected chi connectivity index (χ0v) is 11.7. The minimum atomic E-state index is -0.361. The summed E-state index contributed by atoms with van der Waals surface area (Å²) in [5.74, 6) is -0.593. The van der Waals surface area contributed by atoms with Gasteiger partial charge in [-0.15, -0.1) is 0 Å². The molecule has 2 amide bonds. The Labute approximate surface area is 127 Å². The maximum atomic E-state index is 12.4. The van der Waals surface area contributed by atoms with Crippen molar-refractivity contribution in [1.82, 2.24) is 0 Å². The summed E-state index contributed by atoms with van der Waals surface area (Å²) in [4.78, 5) is 26.0. The number of hydrogen-bond donors (Lipinski definition) is 0. The molecule has 0 atom stereocenters. The van der Waals surface area contributed by atoms with Crippen molar-refractivity contribution in [3.63, 3.8) is 0 Å². The van der Waals surface area contributed by atoms with Gasteiger partial charge in [0.1, 0.15) is 0 Å². The van der Waals surface area contributed by atoms with Gasteiger partial charge in [-0.1, -0.05) is 24.3 Å². The smallest absolute Gasteiger partial charge is 0.266 e. The second kappa shape index (κ2) is 4.28. The molecule has 0 unspecified atom stereocenters. The second-order valence-corrected chi connectivity index (χ2v) is 5.73. The van der Waals surface area contributed by atoms with Gasteiger partial charge in [-0.05, 0) is 42.7 Å². The summed E-state index contributed by atoms with van der Waals surface area (Å²) in [6.07, 6.45) is 1.74. The van der Waals surface area contributed by atoms with E-state index < -0.39 is 0 Å². The lowest BCUT2D eigenvalue weighted by molar-refractivity contribution is 0.0926. The number of benzene rings is 2. The molecule has 4 heteroatoms. The average molecular weight is 288 g/mol. The monoisotopic (exact) mass is 288 g/mol. The van der Waals surface area contributed by atoms with Crippen molar-refractivity contribution in [2.75, 3.05) is 4.90 Å². The summed E-state index contributed by atoms with van der Waals surface area (Å²) in [6.45, 7) is 0. The molecular weight excluding hydrogens is 276 g/mol. The van der Waals surface area contributed by atoms with E-state index in [9.17, 15) is 14.9 Å². The van der Waals surface area contributed by atoms with Crippen LogP contribution < -0.4 is 4.90 Å². The van der Waals surface area contributed by atoms with E-state index in [1.54, 1.807) is 36.4 Å². The van der Waals surface area contributed by atoms with Crippen LogP contribution in [0.5, 0.6) is 0 Å². The lowest BCUT2D eigenvalue weighted by atomic mass is 9.97. The molecule has 0 spiro atoms. The Kier molecular flexibility index (Phi) is 2.49. The van der Waals surface area contributed by atoms with Crippen LogP contribution in [0.1, 0.15) is 39.1 Å². The Morgan fingerprint density at radius 3 is 1.91 bits per heavy atom. The summed E-state index contributed by atoms with van der Waals surface area (Å²) in [5.41, 5.74) is 2.01. The van der Waals surface area contributed by atoms with Crippen LogP contribution in [0, 0.1) is 11.3 Å². The topological polar surface area (TPSA) is 61.2 Å². The molecule has 4 rings (SSSR count). The molecule has 1 aliphatic carbocycles. The molecule has 0 radical (unpaired) electrons. The maximum absolute atomic E-state index is 12.4. The standard InChI is InChI=1S/C18H12N2O2/c19-11-18(9-10-18)12-5-7-13(8-6-12)20-16(21)14-3-1-2-4-15(14)17(20)22/h1-8H,9-10H2. The highest BCUT2D eigenvalue weighted by Gasteiger charge is 2.45. The number of anilines is 1. The lowest BCUT2D eigenvalue weighted by Crippen LogP contribution is -2.29. The number of carbonyl (C=O) groups excluding carboxylic acids is 2. The normalized spacial score (nSPS) is 18.0. The van der Waals surface area contributed by atoms with E-state index in [-0.39, 0.29) is 17.2 Å². The predicted octanol–water partition coefficient (Wildman–Crippen LogP) is 3.04. The van der Waals surface area contributed by atoms with Crippen molar-refractivity contribution in [2.24, 2.45) is 0 Å². The number of rotatable bonds is 2. The van der Waals surface area contributed by atoms with Crippen LogP contribution in [0.2, 0.25) is 0 Å². The van der Waals surface area contributed by atoms with Crippen molar-refractivity contribution in [3.05, 3.63) is 65.2 Å². The molecule has 0 N–H and O–H groups in total. The summed E-state index contributed by atoms with van der Waals surface area (Å²) < 4.78 is 0. The Morgan fingerprint density at radius 2 is 1.45 bits per heavy atom. The molecule has 0 bridgehead atoms.